The van der Waals surface area contributed by atoms with Crippen LogP contribution in [-0.4, -0.2) is 19.5 Å². The van der Waals surface area contributed by atoms with Crippen molar-refractivity contribution in [3.63, 3.8) is 0 Å². The molecule has 9 heteroatoms. The van der Waals surface area contributed by atoms with Gasteiger partial charge in [0.15, 0.2) is 0 Å². The first kappa shape index (κ1) is 14.0. The summed E-state index contributed by atoms with van der Waals surface area (Å²) in [7, 11) is 0. The molecule has 0 spiro atoms. The van der Waals surface area contributed by atoms with Crippen molar-refractivity contribution in [2.75, 3.05) is 0 Å². The van der Waals surface area contributed by atoms with Gasteiger partial charge in [0.1, 0.15) is 5.69 Å². The lowest BCUT2D eigenvalue weighted by molar-refractivity contribution is -0.385. The molecule has 110 valence electrons. The van der Waals surface area contributed by atoms with Gasteiger partial charge in [-0.3, -0.25) is 19.7 Å². The molecule has 2 heterocycles. The number of hydrogen-bond acceptors (Lipinski definition) is 7. The third-order valence-corrected chi connectivity index (χ3v) is 3.92. The third kappa shape index (κ3) is 2.27. The van der Waals surface area contributed by atoms with Crippen molar-refractivity contribution in [2.45, 2.75) is 6.92 Å². The summed E-state index contributed by atoms with van der Waals surface area (Å²) < 4.78 is 1.25. The number of thiazole rings is 1. The van der Waals surface area contributed by atoms with Crippen molar-refractivity contribution in [3.05, 3.63) is 70.9 Å². The molecule has 1 aromatic carbocycles. The largest absolute Gasteiger partial charge is 0.295 e. The monoisotopic (exact) mass is 316 g/mol. The number of aromatic nitrogens is 3. The zero-order valence-corrected chi connectivity index (χ0v) is 12.0. The van der Waals surface area contributed by atoms with E-state index in [4.69, 9.17) is 0 Å². The molecule has 0 saturated carbocycles. The molecule has 0 saturated heterocycles. The Bertz CT molecular complexity index is 1070. The number of nitro groups is 1. The molecule has 0 aliphatic heterocycles. The number of aryl methyl sites for hydroxylation is 1. The standard InChI is InChI=1S/C13H8N4O4S/c1-7-11(18)14-13-16(15-7)12(19)10(22-13)6-8-4-2-3-5-9(8)17(20)21/h2-6H,1H3/b10-6-. The Morgan fingerprint density at radius 2 is 2.05 bits per heavy atom. The van der Waals surface area contributed by atoms with Gasteiger partial charge in [0.2, 0.25) is 4.96 Å². The molecule has 8 nitrogen and oxygen atoms in total. The minimum atomic E-state index is -0.521. The molecule has 0 atom stereocenters. The lowest BCUT2D eigenvalue weighted by Crippen LogP contribution is -2.27. The SMILES string of the molecule is Cc1nn2c(=O)/c(=C/c3ccccc3[N+](=O)[O-])sc2nc1=O. The predicted molar refractivity (Wildman–Crippen MR) is 80.0 cm³/mol. The Labute approximate surface area is 126 Å². The molecule has 3 rings (SSSR count). The number of hydrogen-bond donors (Lipinski definition) is 0. The molecular formula is C13H8N4O4S. The summed E-state index contributed by atoms with van der Waals surface area (Å²) in [6, 6.07) is 6.08. The van der Waals surface area contributed by atoms with Gasteiger partial charge in [-0.25, -0.2) is 0 Å². The smallest absolute Gasteiger partial charge is 0.266 e. The minimum absolute atomic E-state index is 0.106. The second kappa shape index (κ2) is 5.11. The van der Waals surface area contributed by atoms with Gasteiger partial charge in [-0.05, 0) is 19.1 Å². The van der Waals surface area contributed by atoms with E-state index in [1.165, 1.54) is 25.1 Å². The van der Waals surface area contributed by atoms with Crippen LogP contribution in [0.25, 0.3) is 11.0 Å². The quantitative estimate of drug-likeness (QED) is 0.496. The van der Waals surface area contributed by atoms with Crippen LogP contribution in [-0.2, 0) is 0 Å². The van der Waals surface area contributed by atoms with E-state index in [0.29, 0.717) is 5.56 Å². The topological polar surface area (TPSA) is 107 Å². The van der Waals surface area contributed by atoms with Gasteiger partial charge in [-0.1, -0.05) is 23.5 Å². The van der Waals surface area contributed by atoms with Gasteiger partial charge >= 0.3 is 0 Å². The molecular weight excluding hydrogens is 308 g/mol. The fraction of sp³-hybridized carbons (Fsp3) is 0.0769. The van der Waals surface area contributed by atoms with Crippen molar-refractivity contribution < 1.29 is 4.92 Å². The average Bonchev–Trinajstić information content (AvgIpc) is 2.76. The second-order valence-electron chi connectivity index (χ2n) is 4.43. The van der Waals surface area contributed by atoms with Crippen LogP contribution in [0.15, 0.2) is 33.9 Å². The number of nitrogens with zero attached hydrogens (tertiary/aromatic N) is 4. The minimum Gasteiger partial charge on any atom is -0.266 e. The lowest BCUT2D eigenvalue weighted by Gasteiger charge is -1.94. The van der Waals surface area contributed by atoms with Crippen LogP contribution in [0.2, 0.25) is 0 Å². The van der Waals surface area contributed by atoms with Gasteiger partial charge in [-0.2, -0.15) is 14.6 Å². The van der Waals surface area contributed by atoms with Crippen LogP contribution in [0.5, 0.6) is 0 Å². The van der Waals surface area contributed by atoms with Crippen LogP contribution in [0.1, 0.15) is 11.3 Å². The number of benzene rings is 1. The maximum Gasteiger partial charge on any atom is 0.295 e. The molecule has 0 aliphatic carbocycles. The van der Waals surface area contributed by atoms with Gasteiger partial charge in [0, 0.05) is 6.07 Å². The first-order valence-corrected chi connectivity index (χ1v) is 6.94. The average molecular weight is 316 g/mol. The maximum atomic E-state index is 12.2. The van der Waals surface area contributed by atoms with Gasteiger partial charge in [0.25, 0.3) is 16.8 Å². The molecule has 2 aromatic heterocycles. The highest BCUT2D eigenvalue weighted by atomic mass is 32.1. The summed E-state index contributed by atoms with van der Waals surface area (Å²) in [5, 5.41) is 14.9. The van der Waals surface area contributed by atoms with E-state index in [0.717, 1.165) is 15.9 Å². The number of nitro benzene ring substituents is 1. The summed E-state index contributed by atoms with van der Waals surface area (Å²) in [5.41, 5.74) is -0.654. The normalized spacial score (nSPS) is 12.0. The zero-order valence-electron chi connectivity index (χ0n) is 11.2. The first-order valence-electron chi connectivity index (χ1n) is 6.13. The van der Waals surface area contributed by atoms with Gasteiger partial charge in [-0.15, -0.1) is 0 Å². The van der Waals surface area contributed by atoms with Crippen LogP contribution >= 0.6 is 11.3 Å². The van der Waals surface area contributed by atoms with Crippen LogP contribution in [0, 0.1) is 17.0 Å². The molecule has 0 unspecified atom stereocenters. The predicted octanol–water partition coefficient (Wildman–Crippen LogP) is 0.276. The fourth-order valence-electron chi connectivity index (χ4n) is 1.90. The highest BCUT2D eigenvalue weighted by molar-refractivity contribution is 7.15. The Morgan fingerprint density at radius 3 is 2.77 bits per heavy atom. The van der Waals surface area contributed by atoms with E-state index in [9.17, 15) is 19.7 Å². The van der Waals surface area contributed by atoms with Crippen molar-refractivity contribution in [3.8, 4) is 0 Å². The maximum absolute atomic E-state index is 12.2. The lowest BCUT2D eigenvalue weighted by atomic mass is 10.2. The molecule has 3 aromatic rings. The van der Waals surface area contributed by atoms with Crippen molar-refractivity contribution in [1.82, 2.24) is 14.6 Å². The van der Waals surface area contributed by atoms with Gasteiger partial charge in [0.05, 0.1) is 15.0 Å². The van der Waals surface area contributed by atoms with Gasteiger partial charge < -0.3 is 0 Å². The second-order valence-corrected chi connectivity index (χ2v) is 5.44. The number of para-hydroxylation sites is 1. The number of fused-ring (bicyclic) bond motifs is 1. The fourth-order valence-corrected chi connectivity index (χ4v) is 2.80. The summed E-state index contributed by atoms with van der Waals surface area (Å²) >= 11 is 0.961. The molecule has 0 fully saturated rings. The molecule has 0 amide bonds. The highest BCUT2D eigenvalue weighted by Crippen LogP contribution is 2.18. The molecule has 0 aliphatic rings. The van der Waals surface area contributed by atoms with Crippen LogP contribution in [0.4, 0.5) is 5.69 Å². The molecule has 0 bridgehead atoms. The van der Waals surface area contributed by atoms with Crippen molar-refractivity contribution >= 4 is 28.1 Å². The molecule has 0 N–H and O–H groups in total. The molecule has 22 heavy (non-hydrogen) atoms. The summed E-state index contributed by atoms with van der Waals surface area (Å²) in [5.74, 6) is 0. The first-order chi connectivity index (χ1) is 10.5. The van der Waals surface area contributed by atoms with E-state index in [1.54, 1.807) is 12.1 Å². The Morgan fingerprint density at radius 1 is 1.32 bits per heavy atom. The van der Waals surface area contributed by atoms with Crippen molar-refractivity contribution in [1.29, 1.82) is 0 Å². The molecule has 0 radical (unpaired) electrons. The van der Waals surface area contributed by atoms with E-state index >= 15 is 0 Å². The summed E-state index contributed by atoms with van der Waals surface area (Å²) in [4.78, 5) is 38.1. The highest BCUT2D eigenvalue weighted by Gasteiger charge is 2.12. The van der Waals surface area contributed by atoms with E-state index < -0.39 is 16.0 Å². The van der Waals surface area contributed by atoms with Crippen molar-refractivity contribution in [2.24, 2.45) is 0 Å². The Kier molecular flexibility index (Phi) is 3.26. The Balaban J connectivity index is 2.32. The zero-order chi connectivity index (χ0) is 15.9. The van der Waals surface area contributed by atoms with E-state index in [-0.39, 0.29) is 20.9 Å². The summed E-state index contributed by atoms with van der Waals surface area (Å²) in [6.07, 6.45) is 1.40. The number of rotatable bonds is 2. The summed E-state index contributed by atoms with van der Waals surface area (Å²) in [6.45, 7) is 1.46. The Hall–Kier alpha value is -2.94. The van der Waals surface area contributed by atoms with Crippen LogP contribution < -0.4 is 15.7 Å². The van der Waals surface area contributed by atoms with E-state index in [1.807, 2.05) is 0 Å². The third-order valence-electron chi connectivity index (χ3n) is 2.96. The van der Waals surface area contributed by atoms with E-state index in [2.05, 4.69) is 10.1 Å². The van der Waals surface area contributed by atoms with Crippen LogP contribution in [0.3, 0.4) is 0 Å².